The van der Waals surface area contributed by atoms with Crippen LogP contribution in [0.1, 0.15) is 31.1 Å². The Kier molecular flexibility index (Phi) is 5.26. The molecule has 0 saturated heterocycles. The molecule has 1 atom stereocenters. The quantitative estimate of drug-likeness (QED) is 0.872. The zero-order valence-electron chi connectivity index (χ0n) is 12.3. The molecule has 2 aromatic carbocycles. The number of hydrogen-bond donors (Lipinski definition) is 1. The summed E-state index contributed by atoms with van der Waals surface area (Å²) in [5.41, 5.74) is 1.50. The molecule has 0 aromatic heterocycles. The average molecular weight is 351 g/mol. The Labute approximate surface area is 133 Å². The Bertz CT molecular complexity index is 611. The summed E-state index contributed by atoms with van der Waals surface area (Å²) in [7, 11) is 1.59. The third-order valence-corrected chi connectivity index (χ3v) is 3.53. The van der Waals surface area contributed by atoms with Crippen LogP contribution in [0.15, 0.2) is 46.9 Å². The van der Waals surface area contributed by atoms with E-state index in [-0.39, 0.29) is 6.10 Å². The van der Waals surface area contributed by atoms with Crippen LogP contribution in [0.4, 0.5) is 0 Å². The summed E-state index contributed by atoms with van der Waals surface area (Å²) < 4.78 is 11.9. The summed E-state index contributed by atoms with van der Waals surface area (Å²) in [6, 6.07) is 13.1. The molecule has 0 spiro atoms. The lowest BCUT2D eigenvalue weighted by Crippen LogP contribution is -2.07. The highest BCUT2D eigenvalue weighted by Gasteiger charge is 2.16. The SMILES string of the molecule is COc1cc(Br)ccc1C(O)c1cccc(OC(C)C)c1. The molecule has 2 rings (SSSR count). The number of methoxy groups -OCH3 is 1. The summed E-state index contributed by atoms with van der Waals surface area (Å²) in [5, 5.41) is 10.6. The second-order valence-corrected chi connectivity index (χ2v) is 5.94. The van der Waals surface area contributed by atoms with Gasteiger partial charge in [0.1, 0.15) is 17.6 Å². The molecular weight excluding hydrogens is 332 g/mol. The van der Waals surface area contributed by atoms with Gasteiger partial charge in [-0.2, -0.15) is 0 Å². The van der Waals surface area contributed by atoms with Gasteiger partial charge in [-0.05, 0) is 43.7 Å². The van der Waals surface area contributed by atoms with Gasteiger partial charge in [-0.25, -0.2) is 0 Å². The van der Waals surface area contributed by atoms with Crippen molar-refractivity contribution < 1.29 is 14.6 Å². The van der Waals surface area contributed by atoms with Crippen LogP contribution in [0.2, 0.25) is 0 Å². The Morgan fingerprint density at radius 3 is 2.52 bits per heavy atom. The van der Waals surface area contributed by atoms with E-state index in [1.165, 1.54) is 0 Å². The third kappa shape index (κ3) is 3.99. The number of ether oxygens (including phenoxy) is 2. The Hall–Kier alpha value is -1.52. The molecule has 0 radical (unpaired) electrons. The molecule has 0 aliphatic carbocycles. The van der Waals surface area contributed by atoms with Crippen LogP contribution in [0.25, 0.3) is 0 Å². The van der Waals surface area contributed by atoms with E-state index < -0.39 is 6.10 Å². The molecule has 2 aromatic rings. The fourth-order valence-corrected chi connectivity index (χ4v) is 2.46. The van der Waals surface area contributed by atoms with E-state index in [1.807, 2.05) is 56.3 Å². The van der Waals surface area contributed by atoms with E-state index in [4.69, 9.17) is 9.47 Å². The highest BCUT2D eigenvalue weighted by Crippen LogP contribution is 2.33. The van der Waals surface area contributed by atoms with Crippen molar-refractivity contribution in [3.8, 4) is 11.5 Å². The molecule has 0 aliphatic heterocycles. The van der Waals surface area contributed by atoms with Crippen LogP contribution in [-0.2, 0) is 0 Å². The van der Waals surface area contributed by atoms with Crippen LogP contribution in [-0.4, -0.2) is 18.3 Å². The summed E-state index contributed by atoms with van der Waals surface area (Å²) in [4.78, 5) is 0. The van der Waals surface area contributed by atoms with Crippen molar-refractivity contribution in [2.24, 2.45) is 0 Å². The van der Waals surface area contributed by atoms with E-state index >= 15 is 0 Å². The highest BCUT2D eigenvalue weighted by atomic mass is 79.9. The molecule has 4 heteroatoms. The third-order valence-electron chi connectivity index (χ3n) is 3.04. The Morgan fingerprint density at radius 2 is 1.86 bits per heavy atom. The minimum absolute atomic E-state index is 0.0969. The summed E-state index contributed by atoms with van der Waals surface area (Å²) in [6.45, 7) is 3.95. The predicted octanol–water partition coefficient (Wildman–Crippen LogP) is 4.33. The number of hydrogen-bond acceptors (Lipinski definition) is 3. The first-order valence-electron chi connectivity index (χ1n) is 6.79. The van der Waals surface area contributed by atoms with Crippen molar-refractivity contribution in [1.82, 2.24) is 0 Å². The molecule has 0 aliphatic rings. The van der Waals surface area contributed by atoms with Gasteiger partial charge in [-0.3, -0.25) is 0 Å². The molecule has 3 nitrogen and oxygen atoms in total. The van der Waals surface area contributed by atoms with Crippen molar-refractivity contribution in [1.29, 1.82) is 0 Å². The molecule has 21 heavy (non-hydrogen) atoms. The van der Waals surface area contributed by atoms with Crippen LogP contribution >= 0.6 is 15.9 Å². The van der Waals surface area contributed by atoms with Crippen molar-refractivity contribution in [2.75, 3.05) is 7.11 Å². The van der Waals surface area contributed by atoms with Crippen LogP contribution in [0, 0.1) is 0 Å². The van der Waals surface area contributed by atoms with Crippen LogP contribution in [0.3, 0.4) is 0 Å². The van der Waals surface area contributed by atoms with E-state index in [0.29, 0.717) is 5.75 Å². The zero-order valence-corrected chi connectivity index (χ0v) is 13.9. The standard InChI is InChI=1S/C17H19BrO3/c1-11(2)21-14-6-4-5-12(9-14)17(19)15-8-7-13(18)10-16(15)20-3/h4-11,17,19H,1-3H3. The topological polar surface area (TPSA) is 38.7 Å². The highest BCUT2D eigenvalue weighted by molar-refractivity contribution is 9.10. The molecule has 0 heterocycles. The first-order chi connectivity index (χ1) is 10.0. The Morgan fingerprint density at radius 1 is 1.10 bits per heavy atom. The first-order valence-corrected chi connectivity index (χ1v) is 7.58. The van der Waals surface area contributed by atoms with Crippen molar-refractivity contribution in [3.05, 3.63) is 58.1 Å². The van der Waals surface area contributed by atoms with Gasteiger partial charge >= 0.3 is 0 Å². The molecule has 112 valence electrons. The molecule has 0 bridgehead atoms. The largest absolute Gasteiger partial charge is 0.496 e. The maximum absolute atomic E-state index is 10.6. The van der Waals surface area contributed by atoms with Gasteiger partial charge in [0.05, 0.1) is 13.2 Å². The molecule has 0 amide bonds. The monoisotopic (exact) mass is 350 g/mol. The van der Waals surface area contributed by atoms with E-state index in [2.05, 4.69) is 15.9 Å². The molecule has 1 unspecified atom stereocenters. The van der Waals surface area contributed by atoms with Gasteiger partial charge in [0, 0.05) is 10.0 Å². The number of rotatable bonds is 5. The van der Waals surface area contributed by atoms with Gasteiger partial charge in [-0.1, -0.05) is 34.1 Å². The number of aliphatic hydroxyl groups excluding tert-OH is 1. The summed E-state index contributed by atoms with van der Waals surface area (Å²) in [5.74, 6) is 1.39. The maximum Gasteiger partial charge on any atom is 0.126 e. The molecular formula is C17H19BrO3. The Balaban J connectivity index is 2.33. The van der Waals surface area contributed by atoms with Gasteiger partial charge in [0.15, 0.2) is 0 Å². The molecule has 0 saturated carbocycles. The average Bonchev–Trinajstić information content (AvgIpc) is 2.46. The lowest BCUT2D eigenvalue weighted by Gasteiger charge is -2.17. The fraction of sp³-hybridized carbons (Fsp3) is 0.294. The summed E-state index contributed by atoms with van der Waals surface area (Å²) in [6.07, 6.45) is -0.664. The second-order valence-electron chi connectivity index (χ2n) is 5.03. The second kappa shape index (κ2) is 6.96. The van der Waals surface area contributed by atoms with Crippen molar-refractivity contribution in [2.45, 2.75) is 26.1 Å². The fourth-order valence-electron chi connectivity index (χ4n) is 2.12. The molecule has 1 N–H and O–H groups in total. The predicted molar refractivity (Wildman–Crippen MR) is 87.0 cm³/mol. The lowest BCUT2D eigenvalue weighted by atomic mass is 10.0. The lowest BCUT2D eigenvalue weighted by molar-refractivity contribution is 0.211. The smallest absolute Gasteiger partial charge is 0.126 e. The van der Waals surface area contributed by atoms with E-state index in [1.54, 1.807) is 7.11 Å². The maximum atomic E-state index is 10.6. The van der Waals surface area contributed by atoms with E-state index in [9.17, 15) is 5.11 Å². The zero-order chi connectivity index (χ0) is 15.4. The van der Waals surface area contributed by atoms with Crippen molar-refractivity contribution in [3.63, 3.8) is 0 Å². The minimum Gasteiger partial charge on any atom is -0.496 e. The van der Waals surface area contributed by atoms with Gasteiger partial charge in [0.2, 0.25) is 0 Å². The molecule has 0 fully saturated rings. The number of aliphatic hydroxyl groups is 1. The number of halogens is 1. The van der Waals surface area contributed by atoms with Gasteiger partial charge in [-0.15, -0.1) is 0 Å². The van der Waals surface area contributed by atoms with Crippen LogP contribution < -0.4 is 9.47 Å². The summed E-state index contributed by atoms with van der Waals surface area (Å²) >= 11 is 3.40. The van der Waals surface area contributed by atoms with E-state index in [0.717, 1.165) is 21.3 Å². The normalized spacial score (nSPS) is 12.3. The number of benzene rings is 2. The van der Waals surface area contributed by atoms with Gasteiger partial charge < -0.3 is 14.6 Å². The minimum atomic E-state index is -0.760. The first kappa shape index (κ1) is 15.9. The van der Waals surface area contributed by atoms with Crippen molar-refractivity contribution >= 4 is 15.9 Å². The van der Waals surface area contributed by atoms with Crippen LogP contribution in [0.5, 0.6) is 11.5 Å². The van der Waals surface area contributed by atoms with Gasteiger partial charge in [0.25, 0.3) is 0 Å².